The van der Waals surface area contributed by atoms with Gasteiger partial charge >= 0.3 is 5.97 Å². The van der Waals surface area contributed by atoms with Crippen LogP contribution >= 0.6 is 15.9 Å². The summed E-state index contributed by atoms with van der Waals surface area (Å²) in [5, 5.41) is 5.14. The van der Waals surface area contributed by atoms with Gasteiger partial charge in [0.15, 0.2) is 15.9 Å². The van der Waals surface area contributed by atoms with Crippen LogP contribution in [0.1, 0.15) is 36.5 Å². The molecular formula is C18H19BrN2O6S. The number of hydrogen-bond donors (Lipinski definition) is 0. The summed E-state index contributed by atoms with van der Waals surface area (Å²) in [7, 11) is -3.20. The quantitative estimate of drug-likeness (QED) is 0.478. The number of hydrazone groups is 1. The average molecular weight is 471 g/mol. The van der Waals surface area contributed by atoms with Crippen molar-refractivity contribution in [3.05, 3.63) is 34.3 Å². The van der Waals surface area contributed by atoms with Crippen molar-refractivity contribution in [3.63, 3.8) is 0 Å². The lowest BCUT2D eigenvalue weighted by atomic mass is 10.1. The highest BCUT2D eigenvalue weighted by Crippen LogP contribution is 2.22. The van der Waals surface area contributed by atoms with E-state index in [-0.39, 0.29) is 41.7 Å². The van der Waals surface area contributed by atoms with Crippen LogP contribution in [0.25, 0.3) is 0 Å². The molecule has 28 heavy (non-hydrogen) atoms. The highest BCUT2D eigenvalue weighted by molar-refractivity contribution is 9.10. The first-order chi connectivity index (χ1) is 13.2. The fourth-order valence-electron chi connectivity index (χ4n) is 3.10. The molecule has 3 rings (SSSR count). The number of rotatable bonds is 5. The fourth-order valence-corrected chi connectivity index (χ4v) is 5.06. The minimum Gasteiger partial charge on any atom is -0.450 e. The van der Waals surface area contributed by atoms with E-state index < -0.39 is 28.0 Å². The minimum absolute atomic E-state index is 0.00449. The largest absolute Gasteiger partial charge is 0.450 e. The number of hydrogen-bond acceptors (Lipinski definition) is 7. The van der Waals surface area contributed by atoms with Crippen molar-refractivity contribution in [2.24, 2.45) is 5.10 Å². The Bertz CT molecular complexity index is 941. The third-order valence-corrected chi connectivity index (χ3v) is 6.91. The standard InChI is InChI=1S/C18H19BrN2O6S/c1-11(17(23)12-2-4-13(19)5-3-12)27-18(24)15-6-7-16(22)21(20-15)14-8-9-28(25,26)10-14/h2-5,11,14H,6-10H2,1H3. The number of benzene rings is 1. The molecule has 1 amide bonds. The molecule has 150 valence electrons. The number of ketones is 1. The topological polar surface area (TPSA) is 110 Å². The normalized spacial score (nSPS) is 22.5. The molecule has 0 saturated carbocycles. The zero-order chi connectivity index (χ0) is 20.5. The number of amides is 1. The molecule has 2 atom stereocenters. The van der Waals surface area contributed by atoms with Crippen LogP contribution in [0.2, 0.25) is 0 Å². The van der Waals surface area contributed by atoms with Crippen LogP contribution in [0, 0.1) is 0 Å². The number of carbonyl (C=O) groups excluding carboxylic acids is 3. The summed E-state index contributed by atoms with van der Waals surface area (Å²) in [5.41, 5.74) is 0.418. The third-order valence-electron chi connectivity index (χ3n) is 4.63. The van der Waals surface area contributed by atoms with Gasteiger partial charge < -0.3 is 4.74 Å². The van der Waals surface area contributed by atoms with Gasteiger partial charge in [0.05, 0.1) is 17.5 Å². The van der Waals surface area contributed by atoms with Gasteiger partial charge in [0, 0.05) is 22.9 Å². The molecular weight excluding hydrogens is 452 g/mol. The van der Waals surface area contributed by atoms with Crippen molar-refractivity contribution >= 4 is 49.1 Å². The van der Waals surface area contributed by atoms with Gasteiger partial charge in [-0.05, 0) is 25.5 Å². The molecule has 0 aliphatic carbocycles. The lowest BCUT2D eigenvalue weighted by Crippen LogP contribution is -2.42. The fraction of sp³-hybridized carbons (Fsp3) is 0.444. The Balaban J connectivity index is 1.69. The van der Waals surface area contributed by atoms with E-state index in [1.807, 2.05) is 0 Å². The molecule has 2 aliphatic heterocycles. The van der Waals surface area contributed by atoms with Crippen LogP contribution in [0.3, 0.4) is 0 Å². The van der Waals surface area contributed by atoms with Crippen LogP contribution in [-0.4, -0.2) is 60.4 Å². The maximum atomic E-state index is 12.4. The first kappa shape index (κ1) is 20.7. The van der Waals surface area contributed by atoms with Gasteiger partial charge in [0.25, 0.3) is 0 Å². The number of ether oxygens (including phenoxy) is 1. The van der Waals surface area contributed by atoms with Crippen molar-refractivity contribution in [2.45, 2.75) is 38.3 Å². The number of carbonyl (C=O) groups is 3. The van der Waals surface area contributed by atoms with Gasteiger partial charge in [-0.3, -0.25) is 9.59 Å². The molecule has 0 N–H and O–H groups in total. The number of sulfone groups is 1. The van der Waals surface area contributed by atoms with E-state index in [1.54, 1.807) is 24.3 Å². The average Bonchev–Trinajstić information content (AvgIpc) is 3.01. The van der Waals surface area contributed by atoms with Gasteiger partial charge in [-0.2, -0.15) is 5.10 Å². The number of halogens is 1. The monoisotopic (exact) mass is 470 g/mol. The van der Waals surface area contributed by atoms with Gasteiger partial charge in [0.2, 0.25) is 11.7 Å². The Morgan fingerprint density at radius 3 is 2.54 bits per heavy atom. The van der Waals surface area contributed by atoms with E-state index in [4.69, 9.17) is 4.74 Å². The van der Waals surface area contributed by atoms with E-state index in [2.05, 4.69) is 21.0 Å². The van der Waals surface area contributed by atoms with E-state index in [1.165, 1.54) is 6.92 Å². The first-order valence-electron chi connectivity index (χ1n) is 8.77. The Morgan fingerprint density at radius 1 is 1.25 bits per heavy atom. The van der Waals surface area contributed by atoms with Crippen LogP contribution in [0.15, 0.2) is 33.8 Å². The van der Waals surface area contributed by atoms with Crippen LogP contribution in [0.5, 0.6) is 0 Å². The summed E-state index contributed by atoms with van der Waals surface area (Å²) in [6.07, 6.45) is -0.598. The lowest BCUT2D eigenvalue weighted by Gasteiger charge is -2.27. The van der Waals surface area contributed by atoms with Crippen molar-refractivity contribution in [2.75, 3.05) is 11.5 Å². The summed E-state index contributed by atoms with van der Waals surface area (Å²) in [5.74, 6) is -1.63. The van der Waals surface area contributed by atoms with Gasteiger partial charge in [0.1, 0.15) is 5.71 Å². The van der Waals surface area contributed by atoms with E-state index in [9.17, 15) is 22.8 Å². The van der Waals surface area contributed by atoms with Gasteiger partial charge in [-0.25, -0.2) is 18.2 Å². The van der Waals surface area contributed by atoms with E-state index in [0.29, 0.717) is 12.0 Å². The maximum Gasteiger partial charge on any atom is 0.355 e. The minimum atomic E-state index is -3.20. The van der Waals surface area contributed by atoms with Crippen LogP contribution in [-0.2, 0) is 24.2 Å². The molecule has 8 nitrogen and oxygen atoms in total. The molecule has 2 aliphatic rings. The molecule has 1 aromatic rings. The number of esters is 1. The van der Waals surface area contributed by atoms with Crippen molar-refractivity contribution in [1.29, 1.82) is 0 Å². The molecule has 10 heteroatoms. The third kappa shape index (κ3) is 4.67. The second kappa shape index (κ2) is 8.12. The van der Waals surface area contributed by atoms with Crippen molar-refractivity contribution in [1.82, 2.24) is 5.01 Å². The van der Waals surface area contributed by atoms with Crippen molar-refractivity contribution in [3.8, 4) is 0 Å². The molecule has 1 aromatic carbocycles. The Labute approximate surface area is 171 Å². The SMILES string of the molecule is CC(OC(=O)C1=NN(C2CCS(=O)(=O)C2)C(=O)CC1)C(=O)c1ccc(Br)cc1. The lowest BCUT2D eigenvalue weighted by molar-refractivity contribution is -0.139. The Morgan fingerprint density at radius 2 is 1.93 bits per heavy atom. The molecule has 2 unspecified atom stereocenters. The number of Topliss-reactive ketones (excluding diaryl/α,β-unsaturated/α-hetero) is 1. The van der Waals surface area contributed by atoms with Gasteiger partial charge in [-0.15, -0.1) is 0 Å². The number of nitrogens with zero attached hydrogens (tertiary/aromatic N) is 2. The molecule has 0 spiro atoms. The van der Waals surface area contributed by atoms with Gasteiger partial charge in [-0.1, -0.05) is 28.1 Å². The molecule has 0 bridgehead atoms. The summed E-state index contributed by atoms with van der Waals surface area (Å²) in [6, 6.07) is 6.10. The summed E-state index contributed by atoms with van der Waals surface area (Å²) < 4.78 is 29.4. The maximum absolute atomic E-state index is 12.4. The highest BCUT2D eigenvalue weighted by Gasteiger charge is 2.37. The highest BCUT2D eigenvalue weighted by atomic mass is 79.9. The van der Waals surface area contributed by atoms with Crippen LogP contribution < -0.4 is 0 Å². The van der Waals surface area contributed by atoms with E-state index in [0.717, 1.165) is 9.48 Å². The van der Waals surface area contributed by atoms with Crippen molar-refractivity contribution < 1.29 is 27.5 Å². The predicted octanol–water partition coefficient (Wildman–Crippen LogP) is 1.73. The smallest absolute Gasteiger partial charge is 0.355 e. The zero-order valence-corrected chi connectivity index (χ0v) is 17.5. The molecule has 1 fully saturated rings. The second-order valence-corrected chi connectivity index (χ2v) is 9.90. The predicted molar refractivity (Wildman–Crippen MR) is 105 cm³/mol. The molecule has 1 saturated heterocycles. The first-order valence-corrected chi connectivity index (χ1v) is 11.4. The summed E-state index contributed by atoms with van der Waals surface area (Å²) >= 11 is 3.29. The Hall–Kier alpha value is -2.07. The van der Waals surface area contributed by atoms with E-state index >= 15 is 0 Å². The molecule has 2 heterocycles. The second-order valence-electron chi connectivity index (χ2n) is 6.76. The molecule has 0 aromatic heterocycles. The molecule has 0 radical (unpaired) electrons. The van der Waals surface area contributed by atoms with Crippen LogP contribution in [0.4, 0.5) is 0 Å². The Kier molecular flexibility index (Phi) is 5.99. The zero-order valence-electron chi connectivity index (χ0n) is 15.1. The summed E-state index contributed by atoms with van der Waals surface area (Å²) in [6.45, 7) is 1.47. The summed E-state index contributed by atoms with van der Waals surface area (Å²) in [4.78, 5) is 36.9.